The summed E-state index contributed by atoms with van der Waals surface area (Å²) in [5.41, 5.74) is 7.99. The number of halogens is 3. The zero-order valence-corrected chi connectivity index (χ0v) is 11.2. The summed E-state index contributed by atoms with van der Waals surface area (Å²) in [5.74, 6) is -0.228. The molecule has 6 heteroatoms. The zero-order valence-electron chi connectivity index (χ0n) is 11.2. The summed E-state index contributed by atoms with van der Waals surface area (Å²) in [5, 5.41) is 0. The maximum absolute atomic E-state index is 12.0. The third-order valence-electron chi connectivity index (χ3n) is 2.90. The molecule has 0 fully saturated rings. The summed E-state index contributed by atoms with van der Waals surface area (Å²) in [4.78, 5) is 3.93. The smallest absolute Gasteiger partial charge is 0.406 e. The molecule has 1 aromatic heterocycles. The molecule has 1 heterocycles. The summed E-state index contributed by atoms with van der Waals surface area (Å²) in [6, 6.07) is 9.44. The number of rotatable bonds is 5. The number of ether oxygens (including phenoxy) is 1. The fourth-order valence-electron chi connectivity index (χ4n) is 2.02. The standard InChI is InChI=1S/C15H15F3N2O/c16-15(17,18)21-14-3-1-11(2-4-14)9-13(19)10-12-5-7-20-8-6-12/h1-8,13H,9-10,19H2. The van der Waals surface area contributed by atoms with E-state index in [4.69, 9.17) is 5.73 Å². The second kappa shape index (κ2) is 6.58. The minimum absolute atomic E-state index is 0.109. The van der Waals surface area contributed by atoms with Gasteiger partial charge in [-0.05, 0) is 48.2 Å². The Kier molecular flexibility index (Phi) is 4.80. The highest BCUT2D eigenvalue weighted by Crippen LogP contribution is 2.23. The quantitative estimate of drug-likeness (QED) is 0.922. The number of nitrogens with two attached hydrogens (primary N) is 1. The van der Waals surface area contributed by atoms with Crippen molar-refractivity contribution < 1.29 is 17.9 Å². The summed E-state index contributed by atoms with van der Waals surface area (Å²) in [6.07, 6.45) is -0.00610. The molecular formula is C15H15F3N2O. The summed E-state index contributed by atoms with van der Waals surface area (Å²) >= 11 is 0. The Labute approximate surface area is 120 Å². The fourth-order valence-corrected chi connectivity index (χ4v) is 2.02. The first kappa shape index (κ1) is 15.3. The molecule has 3 nitrogen and oxygen atoms in total. The number of nitrogens with zero attached hydrogens (tertiary/aromatic N) is 1. The molecule has 0 saturated heterocycles. The second-order valence-electron chi connectivity index (χ2n) is 4.72. The molecule has 0 saturated carbocycles. The van der Waals surface area contributed by atoms with Gasteiger partial charge in [-0.25, -0.2) is 0 Å². The largest absolute Gasteiger partial charge is 0.573 e. The Morgan fingerprint density at radius 3 is 2.00 bits per heavy atom. The molecule has 2 rings (SSSR count). The highest BCUT2D eigenvalue weighted by atomic mass is 19.4. The van der Waals surface area contributed by atoms with E-state index >= 15 is 0 Å². The minimum atomic E-state index is -4.67. The molecule has 1 aromatic carbocycles. The van der Waals surface area contributed by atoms with Crippen LogP contribution in [0.15, 0.2) is 48.8 Å². The van der Waals surface area contributed by atoms with Crippen LogP contribution in [-0.2, 0) is 12.8 Å². The molecule has 0 amide bonds. The highest BCUT2D eigenvalue weighted by molar-refractivity contribution is 5.28. The van der Waals surface area contributed by atoms with Gasteiger partial charge < -0.3 is 10.5 Å². The van der Waals surface area contributed by atoms with Crippen molar-refractivity contribution in [3.05, 3.63) is 59.9 Å². The molecule has 0 aliphatic heterocycles. The van der Waals surface area contributed by atoms with Crippen molar-refractivity contribution in [3.63, 3.8) is 0 Å². The first-order valence-electron chi connectivity index (χ1n) is 6.41. The molecule has 0 radical (unpaired) electrons. The topological polar surface area (TPSA) is 48.1 Å². The number of pyridine rings is 1. The van der Waals surface area contributed by atoms with Crippen LogP contribution in [0.25, 0.3) is 0 Å². The lowest BCUT2D eigenvalue weighted by Gasteiger charge is -2.13. The van der Waals surface area contributed by atoms with E-state index in [0.717, 1.165) is 11.1 Å². The monoisotopic (exact) mass is 296 g/mol. The van der Waals surface area contributed by atoms with Crippen LogP contribution in [0.1, 0.15) is 11.1 Å². The first-order valence-corrected chi connectivity index (χ1v) is 6.41. The minimum Gasteiger partial charge on any atom is -0.406 e. The number of hydrogen-bond donors (Lipinski definition) is 1. The van der Waals surface area contributed by atoms with E-state index in [1.165, 1.54) is 12.1 Å². The number of benzene rings is 1. The zero-order chi connectivity index (χ0) is 15.3. The van der Waals surface area contributed by atoms with E-state index in [9.17, 15) is 13.2 Å². The van der Waals surface area contributed by atoms with Crippen molar-refractivity contribution in [1.82, 2.24) is 4.98 Å². The van der Waals surface area contributed by atoms with Crippen molar-refractivity contribution >= 4 is 0 Å². The normalized spacial score (nSPS) is 13.0. The lowest BCUT2D eigenvalue weighted by molar-refractivity contribution is -0.274. The van der Waals surface area contributed by atoms with Crippen molar-refractivity contribution in [2.75, 3.05) is 0 Å². The van der Waals surface area contributed by atoms with Gasteiger partial charge in [0.1, 0.15) is 5.75 Å². The van der Waals surface area contributed by atoms with Crippen LogP contribution in [0.5, 0.6) is 5.75 Å². The first-order chi connectivity index (χ1) is 9.92. The molecule has 0 aliphatic carbocycles. The van der Waals surface area contributed by atoms with Gasteiger partial charge in [0, 0.05) is 18.4 Å². The molecule has 112 valence electrons. The molecule has 1 atom stereocenters. The lowest BCUT2D eigenvalue weighted by atomic mass is 10.0. The third-order valence-corrected chi connectivity index (χ3v) is 2.90. The summed E-state index contributed by atoms with van der Waals surface area (Å²) in [6.45, 7) is 0. The van der Waals surface area contributed by atoms with Crippen LogP contribution < -0.4 is 10.5 Å². The van der Waals surface area contributed by atoms with Gasteiger partial charge in [0.25, 0.3) is 0 Å². The van der Waals surface area contributed by atoms with Gasteiger partial charge in [0.2, 0.25) is 0 Å². The van der Waals surface area contributed by atoms with Crippen molar-refractivity contribution in [2.24, 2.45) is 5.73 Å². The Morgan fingerprint density at radius 2 is 1.48 bits per heavy atom. The van der Waals surface area contributed by atoms with E-state index in [-0.39, 0.29) is 11.8 Å². The Hall–Kier alpha value is -2.08. The van der Waals surface area contributed by atoms with Crippen molar-refractivity contribution in [2.45, 2.75) is 25.2 Å². The van der Waals surface area contributed by atoms with Crippen molar-refractivity contribution in [3.8, 4) is 5.75 Å². The molecule has 1 unspecified atom stereocenters. The van der Waals surface area contributed by atoms with Gasteiger partial charge in [-0.15, -0.1) is 13.2 Å². The van der Waals surface area contributed by atoms with Crippen LogP contribution in [-0.4, -0.2) is 17.4 Å². The Balaban J connectivity index is 1.91. The van der Waals surface area contributed by atoms with E-state index < -0.39 is 6.36 Å². The maximum Gasteiger partial charge on any atom is 0.573 e. The SMILES string of the molecule is NC(Cc1ccncc1)Cc1ccc(OC(F)(F)F)cc1. The Bertz CT molecular complexity index is 555. The van der Waals surface area contributed by atoms with Crippen LogP contribution in [0.3, 0.4) is 0 Å². The number of aromatic nitrogens is 1. The van der Waals surface area contributed by atoms with Crippen LogP contribution in [0, 0.1) is 0 Å². The van der Waals surface area contributed by atoms with Gasteiger partial charge in [-0.2, -0.15) is 0 Å². The molecular weight excluding hydrogens is 281 g/mol. The maximum atomic E-state index is 12.0. The van der Waals surface area contributed by atoms with Gasteiger partial charge >= 0.3 is 6.36 Å². The van der Waals surface area contributed by atoms with E-state index in [1.54, 1.807) is 24.5 Å². The fraction of sp³-hybridized carbons (Fsp3) is 0.267. The van der Waals surface area contributed by atoms with Gasteiger partial charge in [-0.3, -0.25) is 4.98 Å². The average molecular weight is 296 g/mol. The molecule has 2 N–H and O–H groups in total. The number of alkyl halides is 3. The highest BCUT2D eigenvalue weighted by Gasteiger charge is 2.30. The molecule has 0 aliphatic rings. The molecule has 21 heavy (non-hydrogen) atoms. The van der Waals surface area contributed by atoms with E-state index in [1.807, 2.05) is 12.1 Å². The van der Waals surface area contributed by atoms with Crippen LogP contribution >= 0.6 is 0 Å². The Morgan fingerprint density at radius 1 is 0.952 bits per heavy atom. The number of hydrogen-bond acceptors (Lipinski definition) is 3. The van der Waals surface area contributed by atoms with Gasteiger partial charge in [-0.1, -0.05) is 12.1 Å². The van der Waals surface area contributed by atoms with Gasteiger partial charge in [0.15, 0.2) is 0 Å². The predicted octanol–water partition coefficient (Wildman–Crippen LogP) is 3.09. The average Bonchev–Trinajstić information content (AvgIpc) is 2.40. The van der Waals surface area contributed by atoms with E-state index in [0.29, 0.717) is 12.8 Å². The van der Waals surface area contributed by atoms with Crippen LogP contribution in [0.4, 0.5) is 13.2 Å². The third kappa shape index (κ3) is 5.43. The molecule has 0 bridgehead atoms. The molecule has 0 spiro atoms. The van der Waals surface area contributed by atoms with Crippen molar-refractivity contribution in [1.29, 1.82) is 0 Å². The van der Waals surface area contributed by atoms with Gasteiger partial charge in [0.05, 0.1) is 0 Å². The molecule has 2 aromatic rings. The lowest BCUT2D eigenvalue weighted by Crippen LogP contribution is -2.25. The van der Waals surface area contributed by atoms with Crippen LogP contribution in [0.2, 0.25) is 0 Å². The van der Waals surface area contributed by atoms with E-state index in [2.05, 4.69) is 9.72 Å². The predicted molar refractivity (Wildman–Crippen MR) is 72.7 cm³/mol. The second-order valence-corrected chi connectivity index (χ2v) is 4.72. The summed E-state index contributed by atoms with van der Waals surface area (Å²) in [7, 11) is 0. The summed E-state index contributed by atoms with van der Waals surface area (Å²) < 4.78 is 40.0.